The highest BCUT2D eigenvalue weighted by atomic mass is 16.5. The lowest BCUT2D eigenvalue weighted by Crippen LogP contribution is -2.24. The molecule has 4 nitrogen and oxygen atoms in total. The summed E-state index contributed by atoms with van der Waals surface area (Å²) in [4.78, 5) is 13.1. The van der Waals surface area contributed by atoms with Gasteiger partial charge in [-0.1, -0.05) is 12.1 Å². The maximum atomic E-state index is 11.4. The van der Waals surface area contributed by atoms with E-state index in [4.69, 9.17) is 4.74 Å². The van der Waals surface area contributed by atoms with E-state index in [0.717, 1.165) is 22.4 Å². The summed E-state index contributed by atoms with van der Waals surface area (Å²) in [5.74, 6) is 0.923. The molecule has 1 aliphatic heterocycles. The maximum Gasteiger partial charge on any atom is 0.317 e. The van der Waals surface area contributed by atoms with Gasteiger partial charge < -0.3 is 15.0 Å². The van der Waals surface area contributed by atoms with Crippen LogP contribution in [0.3, 0.4) is 0 Å². The van der Waals surface area contributed by atoms with E-state index in [9.17, 15) is 4.79 Å². The number of hydrogen-bond donors (Lipinski definition) is 1. The van der Waals surface area contributed by atoms with Gasteiger partial charge in [-0.25, -0.2) is 4.79 Å². The van der Waals surface area contributed by atoms with Crippen LogP contribution in [0.25, 0.3) is 0 Å². The number of hydrogen-bond acceptors (Lipinski definition) is 2. The van der Waals surface area contributed by atoms with Gasteiger partial charge in [-0.2, -0.15) is 0 Å². The summed E-state index contributed by atoms with van der Waals surface area (Å²) in [5.41, 5.74) is 3.34. The number of rotatable bonds is 2. The van der Waals surface area contributed by atoms with Gasteiger partial charge >= 0.3 is 6.03 Å². The van der Waals surface area contributed by atoms with Crippen LogP contribution >= 0.6 is 0 Å². The molecule has 1 saturated heterocycles. The molecule has 1 aromatic rings. The summed E-state index contributed by atoms with van der Waals surface area (Å²) >= 11 is 0. The van der Waals surface area contributed by atoms with Crippen molar-refractivity contribution in [2.24, 2.45) is 0 Å². The lowest BCUT2D eigenvalue weighted by molar-refractivity contribution is 0.226. The van der Waals surface area contributed by atoms with Gasteiger partial charge in [0, 0.05) is 13.6 Å². The Balaban J connectivity index is 2.32. The van der Waals surface area contributed by atoms with E-state index in [0.29, 0.717) is 6.54 Å². The van der Waals surface area contributed by atoms with Crippen molar-refractivity contribution in [3.63, 3.8) is 0 Å². The average molecular weight is 234 g/mol. The second-order valence-electron chi connectivity index (χ2n) is 4.57. The highest BCUT2D eigenvalue weighted by Gasteiger charge is 2.27. The van der Waals surface area contributed by atoms with Crippen molar-refractivity contribution in [1.82, 2.24) is 10.2 Å². The van der Waals surface area contributed by atoms with Crippen LogP contribution in [-0.4, -0.2) is 31.6 Å². The second kappa shape index (κ2) is 4.28. The first-order chi connectivity index (χ1) is 8.02. The van der Waals surface area contributed by atoms with Crippen LogP contribution in [0, 0.1) is 13.8 Å². The molecule has 0 spiro atoms. The molecule has 1 aromatic carbocycles. The first-order valence-electron chi connectivity index (χ1n) is 5.69. The van der Waals surface area contributed by atoms with Crippen molar-refractivity contribution in [2.45, 2.75) is 19.9 Å². The van der Waals surface area contributed by atoms with Crippen molar-refractivity contribution in [2.75, 3.05) is 20.7 Å². The maximum absolute atomic E-state index is 11.4. The molecule has 0 aromatic heterocycles. The number of methoxy groups -OCH3 is 1. The van der Waals surface area contributed by atoms with Crippen LogP contribution in [0.15, 0.2) is 12.1 Å². The van der Waals surface area contributed by atoms with Crippen LogP contribution < -0.4 is 10.1 Å². The van der Waals surface area contributed by atoms with E-state index in [1.165, 1.54) is 0 Å². The fourth-order valence-corrected chi connectivity index (χ4v) is 2.36. The zero-order valence-corrected chi connectivity index (χ0v) is 10.7. The SMILES string of the molecule is COc1c(C)cc(C2CN(C)C(=O)N2)cc1C. The Morgan fingerprint density at radius 1 is 1.35 bits per heavy atom. The molecular weight excluding hydrogens is 216 g/mol. The van der Waals surface area contributed by atoms with E-state index in [1.807, 2.05) is 13.8 Å². The molecule has 0 saturated carbocycles. The zero-order chi connectivity index (χ0) is 12.6. The van der Waals surface area contributed by atoms with Crippen molar-refractivity contribution in [1.29, 1.82) is 0 Å². The minimum atomic E-state index is -0.0128. The van der Waals surface area contributed by atoms with Gasteiger partial charge in [-0.05, 0) is 30.5 Å². The summed E-state index contributed by atoms with van der Waals surface area (Å²) < 4.78 is 5.34. The number of aryl methyl sites for hydroxylation is 2. The van der Waals surface area contributed by atoms with Crippen LogP contribution in [0.1, 0.15) is 22.7 Å². The average Bonchev–Trinajstić information content (AvgIpc) is 2.59. The van der Waals surface area contributed by atoms with Crippen LogP contribution in [-0.2, 0) is 0 Å². The van der Waals surface area contributed by atoms with Crippen LogP contribution in [0.4, 0.5) is 4.79 Å². The Morgan fingerprint density at radius 3 is 2.35 bits per heavy atom. The molecule has 0 bridgehead atoms. The molecule has 0 aliphatic carbocycles. The number of likely N-dealkylation sites (N-methyl/N-ethyl adjacent to an activating group) is 1. The quantitative estimate of drug-likeness (QED) is 0.850. The van der Waals surface area contributed by atoms with Crippen LogP contribution in [0.5, 0.6) is 5.75 Å². The molecule has 2 amide bonds. The monoisotopic (exact) mass is 234 g/mol. The Morgan fingerprint density at radius 2 is 1.94 bits per heavy atom. The smallest absolute Gasteiger partial charge is 0.317 e. The van der Waals surface area contributed by atoms with E-state index in [2.05, 4.69) is 17.4 Å². The first kappa shape index (κ1) is 11.8. The van der Waals surface area contributed by atoms with Crippen molar-refractivity contribution < 1.29 is 9.53 Å². The topological polar surface area (TPSA) is 41.6 Å². The van der Waals surface area contributed by atoms with Gasteiger partial charge in [0.05, 0.1) is 13.2 Å². The predicted octanol–water partition coefficient (Wildman–Crippen LogP) is 2.01. The Hall–Kier alpha value is -1.71. The van der Waals surface area contributed by atoms with Gasteiger partial charge in [-0.15, -0.1) is 0 Å². The number of urea groups is 1. The molecule has 1 N–H and O–H groups in total. The number of carbonyl (C=O) groups excluding carboxylic acids is 1. The number of carbonyl (C=O) groups is 1. The summed E-state index contributed by atoms with van der Waals surface area (Å²) in [7, 11) is 3.48. The zero-order valence-electron chi connectivity index (χ0n) is 10.7. The van der Waals surface area contributed by atoms with Crippen molar-refractivity contribution in [3.8, 4) is 5.75 Å². The molecule has 0 radical (unpaired) electrons. The Kier molecular flexibility index (Phi) is 2.96. The highest BCUT2D eigenvalue weighted by Crippen LogP contribution is 2.28. The van der Waals surface area contributed by atoms with E-state index < -0.39 is 0 Å². The van der Waals surface area contributed by atoms with E-state index in [-0.39, 0.29) is 12.1 Å². The Labute approximate surface area is 102 Å². The summed E-state index contributed by atoms with van der Waals surface area (Å²) in [6.07, 6.45) is 0. The van der Waals surface area contributed by atoms with Crippen molar-refractivity contribution in [3.05, 3.63) is 28.8 Å². The standard InChI is InChI=1S/C13H18N2O2/c1-8-5-10(6-9(2)12(8)17-4)11-7-15(3)13(16)14-11/h5-6,11H,7H2,1-4H3,(H,14,16). The minimum absolute atomic E-state index is 0.0128. The number of nitrogens with zero attached hydrogens (tertiary/aromatic N) is 1. The normalized spacial score (nSPS) is 19.4. The summed E-state index contributed by atoms with van der Waals surface area (Å²) in [5, 5.41) is 2.96. The van der Waals surface area contributed by atoms with Crippen molar-refractivity contribution >= 4 is 6.03 Å². The lowest BCUT2D eigenvalue weighted by atomic mass is 10.0. The highest BCUT2D eigenvalue weighted by molar-refractivity contribution is 5.77. The molecule has 1 unspecified atom stereocenters. The number of ether oxygens (including phenoxy) is 1. The number of amides is 2. The fraction of sp³-hybridized carbons (Fsp3) is 0.462. The van der Waals surface area contributed by atoms with Crippen LogP contribution in [0.2, 0.25) is 0 Å². The Bertz CT molecular complexity index is 434. The summed E-state index contributed by atoms with van der Waals surface area (Å²) in [6.45, 7) is 4.76. The van der Waals surface area contributed by atoms with E-state index in [1.54, 1.807) is 19.1 Å². The third-order valence-electron chi connectivity index (χ3n) is 3.19. The predicted molar refractivity (Wildman–Crippen MR) is 66.4 cm³/mol. The third-order valence-corrected chi connectivity index (χ3v) is 3.19. The molecule has 1 atom stereocenters. The minimum Gasteiger partial charge on any atom is -0.496 e. The number of nitrogens with one attached hydrogen (secondary N) is 1. The molecule has 1 aliphatic rings. The third kappa shape index (κ3) is 2.07. The van der Waals surface area contributed by atoms with Gasteiger partial charge in [0.2, 0.25) is 0 Å². The largest absolute Gasteiger partial charge is 0.496 e. The van der Waals surface area contributed by atoms with Gasteiger partial charge in [0.25, 0.3) is 0 Å². The molecule has 1 fully saturated rings. The molecule has 92 valence electrons. The number of benzene rings is 1. The van der Waals surface area contributed by atoms with Gasteiger partial charge in [0.1, 0.15) is 5.75 Å². The molecule has 17 heavy (non-hydrogen) atoms. The first-order valence-corrected chi connectivity index (χ1v) is 5.69. The molecule has 4 heteroatoms. The van der Waals surface area contributed by atoms with Gasteiger partial charge in [0.15, 0.2) is 0 Å². The van der Waals surface area contributed by atoms with E-state index >= 15 is 0 Å². The molecule has 1 heterocycles. The lowest BCUT2D eigenvalue weighted by Gasteiger charge is -2.15. The fourth-order valence-electron chi connectivity index (χ4n) is 2.36. The van der Waals surface area contributed by atoms with Gasteiger partial charge in [-0.3, -0.25) is 0 Å². The molecule has 2 rings (SSSR count). The molecular formula is C13H18N2O2. The second-order valence-corrected chi connectivity index (χ2v) is 4.57. The summed E-state index contributed by atoms with van der Waals surface area (Å²) in [6, 6.07) is 4.23.